The van der Waals surface area contributed by atoms with E-state index in [0.717, 1.165) is 9.75 Å². The first kappa shape index (κ1) is 20.8. The summed E-state index contributed by atoms with van der Waals surface area (Å²) in [4.78, 5) is 2.32. The summed E-state index contributed by atoms with van der Waals surface area (Å²) >= 11 is 1.78. The second-order valence-electron chi connectivity index (χ2n) is 9.12. The Balaban J connectivity index is 1.49. The summed E-state index contributed by atoms with van der Waals surface area (Å²) in [6.45, 7) is 0. The molecular weight excluding hydrogens is 448 g/mol. The zero-order valence-corrected chi connectivity index (χ0v) is 20.4. The third-order valence-electron chi connectivity index (χ3n) is 7.72. The highest BCUT2D eigenvalue weighted by atomic mass is 32.1. The molecule has 0 saturated heterocycles. The molecule has 0 saturated carbocycles. The smallest absolute Gasteiger partial charge is 0.153 e. The molecule has 2 aliphatic carbocycles. The molecule has 0 radical (unpaired) electrons. The summed E-state index contributed by atoms with van der Waals surface area (Å²) < 4.78 is 13.0. The zero-order valence-electron chi connectivity index (χ0n) is 19.6. The van der Waals surface area contributed by atoms with E-state index in [4.69, 9.17) is 9.47 Å². The number of methoxy groups -OCH3 is 2. The summed E-state index contributed by atoms with van der Waals surface area (Å²) in [5.41, 5.74) is 8.40. The molecule has 0 aliphatic heterocycles. The molecule has 1 heterocycles. The van der Waals surface area contributed by atoms with Crippen molar-refractivity contribution in [2.45, 2.75) is 11.2 Å². The summed E-state index contributed by atoms with van der Waals surface area (Å²) in [5.74, 6) is 0. The monoisotopic (exact) mass is 472 g/mol. The van der Waals surface area contributed by atoms with Gasteiger partial charge in [-0.1, -0.05) is 97.1 Å². The van der Waals surface area contributed by atoms with Gasteiger partial charge in [-0.15, -0.1) is 11.3 Å². The fourth-order valence-corrected chi connectivity index (χ4v) is 7.68. The molecule has 1 aromatic heterocycles. The Morgan fingerprint density at radius 2 is 0.714 bits per heavy atom. The van der Waals surface area contributed by atoms with Crippen molar-refractivity contribution in [2.75, 3.05) is 14.2 Å². The van der Waals surface area contributed by atoms with Crippen LogP contribution in [0.25, 0.3) is 22.3 Å². The molecule has 0 N–H and O–H groups in total. The van der Waals surface area contributed by atoms with Crippen molar-refractivity contribution in [3.05, 3.63) is 141 Å². The van der Waals surface area contributed by atoms with Crippen LogP contribution in [0.15, 0.2) is 109 Å². The van der Waals surface area contributed by atoms with E-state index in [1.807, 2.05) is 14.2 Å². The van der Waals surface area contributed by atoms with Gasteiger partial charge in [0.2, 0.25) is 0 Å². The van der Waals surface area contributed by atoms with Crippen LogP contribution in [0.1, 0.15) is 32.0 Å². The van der Waals surface area contributed by atoms with Gasteiger partial charge in [-0.05, 0) is 34.4 Å². The minimum Gasteiger partial charge on any atom is -0.363 e. The molecule has 170 valence electrons. The van der Waals surface area contributed by atoms with Gasteiger partial charge in [0, 0.05) is 46.2 Å². The number of thiophene rings is 1. The van der Waals surface area contributed by atoms with Crippen molar-refractivity contribution in [2.24, 2.45) is 0 Å². The number of benzene rings is 4. The van der Waals surface area contributed by atoms with E-state index >= 15 is 0 Å². The molecule has 4 aromatic carbocycles. The van der Waals surface area contributed by atoms with Gasteiger partial charge in [-0.25, -0.2) is 0 Å². The molecule has 35 heavy (non-hydrogen) atoms. The van der Waals surface area contributed by atoms with Crippen LogP contribution in [0.4, 0.5) is 0 Å². The van der Waals surface area contributed by atoms with Gasteiger partial charge in [0.25, 0.3) is 0 Å². The van der Waals surface area contributed by atoms with Crippen molar-refractivity contribution < 1.29 is 9.47 Å². The van der Waals surface area contributed by atoms with Crippen LogP contribution in [0.5, 0.6) is 0 Å². The van der Waals surface area contributed by atoms with E-state index in [0.29, 0.717) is 0 Å². The SMILES string of the molecule is COC1(c2ccc(C3(OC)c4ccccc4-c4ccccc43)s2)c2ccccc2-c2ccccc21. The van der Waals surface area contributed by atoms with E-state index in [-0.39, 0.29) is 0 Å². The Bertz CT molecular complexity index is 1390. The van der Waals surface area contributed by atoms with Crippen molar-refractivity contribution in [1.29, 1.82) is 0 Å². The molecular formula is C32H24O2S. The summed E-state index contributed by atoms with van der Waals surface area (Å²) in [6, 6.07) is 38.9. The topological polar surface area (TPSA) is 18.5 Å². The minimum absolute atomic E-state index is 0.650. The number of fused-ring (bicyclic) bond motifs is 6. The maximum atomic E-state index is 6.49. The van der Waals surface area contributed by atoms with E-state index in [9.17, 15) is 0 Å². The quantitative estimate of drug-likeness (QED) is 0.268. The number of rotatable bonds is 4. The fourth-order valence-electron chi connectivity index (χ4n) is 6.28. The lowest BCUT2D eigenvalue weighted by molar-refractivity contribution is 0.0644. The largest absolute Gasteiger partial charge is 0.363 e. The predicted molar refractivity (Wildman–Crippen MR) is 142 cm³/mol. The Kier molecular flexibility index (Phi) is 4.46. The van der Waals surface area contributed by atoms with Crippen LogP contribution in [-0.4, -0.2) is 14.2 Å². The maximum absolute atomic E-state index is 6.49. The van der Waals surface area contributed by atoms with Gasteiger partial charge >= 0.3 is 0 Å². The first-order valence-electron chi connectivity index (χ1n) is 11.9. The van der Waals surface area contributed by atoms with Gasteiger partial charge in [-0.3, -0.25) is 0 Å². The Labute approximate surface area is 209 Å². The highest BCUT2D eigenvalue weighted by Gasteiger charge is 2.49. The Morgan fingerprint density at radius 3 is 1.00 bits per heavy atom. The Morgan fingerprint density at radius 1 is 0.429 bits per heavy atom. The standard InChI is InChI=1S/C32H24O2S/c1-33-31(25-15-7-3-11-21(25)22-12-4-8-16-26(22)31)29-19-20-30(35-29)32(34-2)27-17-9-5-13-23(27)24-14-6-10-18-28(24)32/h3-20H,1-2H3. The molecule has 2 aliphatic rings. The van der Waals surface area contributed by atoms with Crippen LogP contribution in [0.2, 0.25) is 0 Å². The van der Waals surface area contributed by atoms with Crippen LogP contribution in [0.3, 0.4) is 0 Å². The molecule has 0 fully saturated rings. The molecule has 7 rings (SSSR count). The van der Waals surface area contributed by atoms with Gasteiger partial charge in [0.1, 0.15) is 0 Å². The van der Waals surface area contributed by atoms with Gasteiger partial charge in [0.05, 0.1) is 0 Å². The lowest BCUT2D eigenvalue weighted by Gasteiger charge is -2.31. The first-order valence-corrected chi connectivity index (χ1v) is 12.7. The van der Waals surface area contributed by atoms with Crippen LogP contribution >= 0.6 is 11.3 Å². The summed E-state index contributed by atoms with van der Waals surface area (Å²) in [7, 11) is 3.65. The number of ether oxygens (including phenoxy) is 2. The molecule has 5 aromatic rings. The molecule has 0 unspecified atom stereocenters. The molecule has 0 atom stereocenters. The van der Waals surface area contributed by atoms with Crippen molar-refractivity contribution in [3.8, 4) is 22.3 Å². The summed E-state index contributed by atoms with van der Waals surface area (Å²) in [6.07, 6.45) is 0. The average molecular weight is 473 g/mol. The molecule has 0 spiro atoms. The maximum Gasteiger partial charge on any atom is 0.153 e. The normalized spacial score (nSPS) is 15.8. The number of hydrogen-bond donors (Lipinski definition) is 0. The molecule has 0 bridgehead atoms. The first-order chi connectivity index (χ1) is 17.3. The highest BCUT2D eigenvalue weighted by molar-refractivity contribution is 7.12. The van der Waals surface area contributed by atoms with E-state index in [1.54, 1.807) is 11.3 Å². The lowest BCUT2D eigenvalue weighted by atomic mass is 9.88. The van der Waals surface area contributed by atoms with E-state index in [2.05, 4.69) is 109 Å². The third kappa shape index (κ3) is 2.50. The second kappa shape index (κ2) is 7.50. The Hall–Kier alpha value is -3.50. The molecule has 3 heteroatoms. The number of hydrogen-bond acceptors (Lipinski definition) is 3. The van der Waals surface area contributed by atoms with Crippen molar-refractivity contribution in [1.82, 2.24) is 0 Å². The van der Waals surface area contributed by atoms with Crippen molar-refractivity contribution >= 4 is 11.3 Å². The molecule has 0 amide bonds. The van der Waals surface area contributed by atoms with Crippen LogP contribution in [-0.2, 0) is 20.7 Å². The predicted octanol–water partition coefficient (Wildman–Crippen LogP) is 7.59. The summed E-state index contributed by atoms with van der Waals surface area (Å²) in [5, 5.41) is 0. The second-order valence-corrected chi connectivity index (χ2v) is 10.2. The van der Waals surface area contributed by atoms with Gasteiger partial charge < -0.3 is 9.47 Å². The lowest BCUT2D eigenvalue weighted by Crippen LogP contribution is -2.29. The fraction of sp³-hybridized carbons (Fsp3) is 0.125. The van der Waals surface area contributed by atoms with Crippen LogP contribution in [0, 0.1) is 0 Å². The minimum atomic E-state index is -0.650. The zero-order chi connectivity index (χ0) is 23.6. The average Bonchev–Trinajstić information content (AvgIpc) is 3.60. The van der Waals surface area contributed by atoms with Gasteiger partial charge in [-0.2, -0.15) is 0 Å². The molecule has 2 nitrogen and oxygen atoms in total. The van der Waals surface area contributed by atoms with Crippen LogP contribution < -0.4 is 0 Å². The third-order valence-corrected chi connectivity index (χ3v) is 9.01. The van der Waals surface area contributed by atoms with E-state index < -0.39 is 11.2 Å². The van der Waals surface area contributed by atoms with E-state index in [1.165, 1.54) is 44.5 Å². The van der Waals surface area contributed by atoms with Crippen molar-refractivity contribution in [3.63, 3.8) is 0 Å². The highest BCUT2D eigenvalue weighted by Crippen LogP contribution is 2.58. The van der Waals surface area contributed by atoms with Gasteiger partial charge in [0.15, 0.2) is 11.2 Å².